The normalized spacial score (nSPS) is 11.8. The number of carbonyl (C=O) groups is 1. The molecule has 0 radical (unpaired) electrons. The van der Waals surface area contributed by atoms with Gasteiger partial charge in [-0.25, -0.2) is 0 Å². The molecule has 2 rings (SSSR count). The summed E-state index contributed by atoms with van der Waals surface area (Å²) < 4.78 is 5.69. The van der Waals surface area contributed by atoms with Gasteiger partial charge in [0.2, 0.25) is 0 Å². The van der Waals surface area contributed by atoms with Gasteiger partial charge in [0, 0.05) is 6.54 Å². The summed E-state index contributed by atoms with van der Waals surface area (Å²) in [5.74, 6) is 0.975. The van der Waals surface area contributed by atoms with Crippen LogP contribution in [0.1, 0.15) is 35.1 Å². The molecule has 2 aromatic rings. The van der Waals surface area contributed by atoms with Crippen LogP contribution >= 0.6 is 0 Å². The lowest BCUT2D eigenvalue weighted by Gasteiger charge is -2.15. The van der Waals surface area contributed by atoms with Gasteiger partial charge in [0.25, 0.3) is 5.91 Å². The second kappa shape index (κ2) is 7.82. The molecule has 0 aromatic heterocycles. The lowest BCUT2D eigenvalue weighted by molar-refractivity contribution is -0.123. The summed E-state index contributed by atoms with van der Waals surface area (Å²) in [5, 5.41) is 2.94. The zero-order valence-electron chi connectivity index (χ0n) is 14.3. The van der Waals surface area contributed by atoms with E-state index in [0.717, 1.165) is 16.9 Å². The van der Waals surface area contributed by atoms with Crippen LogP contribution in [-0.2, 0) is 4.79 Å². The standard InChI is InChI=1S/C20H25NO2/c1-14-10-15(2)17(4)19(11-14)23-13-20(22)21-12-16(3)18-8-6-5-7-9-18/h5-11,16H,12-13H2,1-4H3,(H,21,22). The third-order valence-corrected chi connectivity index (χ3v) is 4.10. The Morgan fingerprint density at radius 1 is 1.13 bits per heavy atom. The first kappa shape index (κ1) is 17.1. The van der Waals surface area contributed by atoms with Crippen LogP contribution in [-0.4, -0.2) is 19.1 Å². The van der Waals surface area contributed by atoms with Gasteiger partial charge in [-0.3, -0.25) is 4.79 Å². The molecular formula is C20H25NO2. The molecule has 0 bridgehead atoms. The van der Waals surface area contributed by atoms with Crippen molar-refractivity contribution < 1.29 is 9.53 Å². The predicted octanol–water partition coefficient (Wildman–Crippen LogP) is 3.91. The fraction of sp³-hybridized carbons (Fsp3) is 0.350. The number of ether oxygens (including phenoxy) is 1. The molecule has 0 saturated heterocycles. The van der Waals surface area contributed by atoms with Crippen molar-refractivity contribution in [1.82, 2.24) is 5.32 Å². The molecule has 0 saturated carbocycles. The van der Waals surface area contributed by atoms with Crippen LogP contribution < -0.4 is 10.1 Å². The highest BCUT2D eigenvalue weighted by atomic mass is 16.5. The molecule has 0 aliphatic rings. The second-order valence-electron chi connectivity index (χ2n) is 6.11. The molecule has 3 nitrogen and oxygen atoms in total. The SMILES string of the molecule is Cc1cc(C)c(C)c(OCC(=O)NCC(C)c2ccccc2)c1. The maximum absolute atomic E-state index is 12.0. The number of hydrogen-bond acceptors (Lipinski definition) is 2. The van der Waals surface area contributed by atoms with Crippen LogP contribution in [0.25, 0.3) is 0 Å². The quantitative estimate of drug-likeness (QED) is 0.878. The summed E-state index contributed by atoms with van der Waals surface area (Å²) in [6, 6.07) is 14.3. The van der Waals surface area contributed by atoms with Gasteiger partial charge in [-0.15, -0.1) is 0 Å². The highest BCUT2D eigenvalue weighted by Gasteiger charge is 2.10. The highest BCUT2D eigenvalue weighted by Crippen LogP contribution is 2.23. The number of hydrogen-bond donors (Lipinski definition) is 1. The largest absolute Gasteiger partial charge is 0.483 e. The third-order valence-electron chi connectivity index (χ3n) is 4.10. The lowest BCUT2D eigenvalue weighted by Crippen LogP contribution is -2.32. The molecule has 0 heterocycles. The van der Waals surface area contributed by atoms with Crippen molar-refractivity contribution in [2.75, 3.05) is 13.2 Å². The Morgan fingerprint density at radius 2 is 1.83 bits per heavy atom. The molecule has 1 unspecified atom stereocenters. The van der Waals surface area contributed by atoms with Crippen LogP contribution in [0.4, 0.5) is 0 Å². The van der Waals surface area contributed by atoms with E-state index in [2.05, 4.69) is 37.4 Å². The zero-order valence-corrected chi connectivity index (χ0v) is 14.3. The van der Waals surface area contributed by atoms with Crippen molar-refractivity contribution >= 4 is 5.91 Å². The summed E-state index contributed by atoms with van der Waals surface area (Å²) in [5.41, 5.74) is 4.62. The molecule has 0 aliphatic heterocycles. The summed E-state index contributed by atoms with van der Waals surface area (Å²) in [6.45, 7) is 8.85. The topological polar surface area (TPSA) is 38.3 Å². The molecule has 122 valence electrons. The zero-order chi connectivity index (χ0) is 16.8. The molecule has 0 aliphatic carbocycles. The Balaban J connectivity index is 1.84. The van der Waals surface area contributed by atoms with E-state index < -0.39 is 0 Å². The van der Waals surface area contributed by atoms with Gasteiger partial charge in [0.1, 0.15) is 5.75 Å². The van der Waals surface area contributed by atoms with Crippen molar-refractivity contribution in [3.63, 3.8) is 0 Å². The Labute approximate surface area is 138 Å². The molecule has 1 atom stereocenters. The summed E-state index contributed by atoms with van der Waals surface area (Å²) in [6.07, 6.45) is 0. The van der Waals surface area contributed by atoms with E-state index in [4.69, 9.17) is 4.74 Å². The maximum Gasteiger partial charge on any atom is 0.257 e. The molecule has 23 heavy (non-hydrogen) atoms. The minimum atomic E-state index is -0.0914. The van der Waals surface area contributed by atoms with Crippen LogP contribution in [0.3, 0.4) is 0 Å². The fourth-order valence-electron chi connectivity index (χ4n) is 2.51. The average molecular weight is 311 g/mol. The summed E-state index contributed by atoms with van der Waals surface area (Å²) in [7, 11) is 0. The van der Waals surface area contributed by atoms with E-state index >= 15 is 0 Å². The van der Waals surface area contributed by atoms with E-state index in [1.807, 2.05) is 38.1 Å². The highest BCUT2D eigenvalue weighted by molar-refractivity contribution is 5.77. The minimum Gasteiger partial charge on any atom is -0.483 e. The van der Waals surface area contributed by atoms with Gasteiger partial charge in [-0.1, -0.05) is 43.3 Å². The molecular weight excluding hydrogens is 286 g/mol. The van der Waals surface area contributed by atoms with Crippen LogP contribution in [0.15, 0.2) is 42.5 Å². The first-order valence-electron chi connectivity index (χ1n) is 7.99. The maximum atomic E-state index is 12.0. The molecule has 1 amide bonds. The van der Waals surface area contributed by atoms with Gasteiger partial charge in [0.05, 0.1) is 0 Å². The number of benzene rings is 2. The minimum absolute atomic E-state index is 0.0469. The van der Waals surface area contributed by atoms with Crippen molar-refractivity contribution in [3.8, 4) is 5.75 Å². The van der Waals surface area contributed by atoms with Crippen LogP contribution in [0.5, 0.6) is 5.75 Å². The Bertz CT molecular complexity index is 665. The first-order valence-corrected chi connectivity index (χ1v) is 7.99. The summed E-state index contributed by atoms with van der Waals surface area (Å²) in [4.78, 5) is 12.0. The Morgan fingerprint density at radius 3 is 2.52 bits per heavy atom. The Hall–Kier alpha value is -2.29. The van der Waals surface area contributed by atoms with E-state index in [0.29, 0.717) is 6.54 Å². The van der Waals surface area contributed by atoms with E-state index in [1.54, 1.807) is 0 Å². The first-order chi connectivity index (χ1) is 11.0. The molecule has 1 N–H and O–H groups in total. The van der Waals surface area contributed by atoms with E-state index in [-0.39, 0.29) is 18.4 Å². The van der Waals surface area contributed by atoms with Crippen molar-refractivity contribution in [2.24, 2.45) is 0 Å². The number of amides is 1. The van der Waals surface area contributed by atoms with Gasteiger partial charge in [-0.05, 0) is 55.0 Å². The number of carbonyl (C=O) groups excluding carboxylic acids is 1. The van der Waals surface area contributed by atoms with Crippen molar-refractivity contribution in [3.05, 3.63) is 64.7 Å². The fourth-order valence-corrected chi connectivity index (χ4v) is 2.51. The van der Waals surface area contributed by atoms with Gasteiger partial charge < -0.3 is 10.1 Å². The van der Waals surface area contributed by atoms with Crippen molar-refractivity contribution in [2.45, 2.75) is 33.6 Å². The average Bonchev–Trinajstić information content (AvgIpc) is 2.55. The third kappa shape index (κ3) is 4.85. The van der Waals surface area contributed by atoms with Crippen LogP contribution in [0.2, 0.25) is 0 Å². The number of nitrogens with one attached hydrogen (secondary N) is 1. The predicted molar refractivity (Wildman–Crippen MR) is 94.0 cm³/mol. The van der Waals surface area contributed by atoms with Gasteiger partial charge >= 0.3 is 0 Å². The van der Waals surface area contributed by atoms with Crippen LogP contribution in [0, 0.1) is 20.8 Å². The van der Waals surface area contributed by atoms with Gasteiger partial charge in [0.15, 0.2) is 6.61 Å². The monoisotopic (exact) mass is 311 g/mol. The van der Waals surface area contributed by atoms with Crippen molar-refractivity contribution in [1.29, 1.82) is 0 Å². The molecule has 3 heteroatoms. The smallest absolute Gasteiger partial charge is 0.257 e. The summed E-state index contributed by atoms with van der Waals surface area (Å²) >= 11 is 0. The Kier molecular flexibility index (Phi) is 5.80. The number of rotatable bonds is 6. The number of aryl methyl sites for hydroxylation is 2. The lowest BCUT2D eigenvalue weighted by atomic mass is 10.0. The van der Waals surface area contributed by atoms with Gasteiger partial charge in [-0.2, -0.15) is 0 Å². The van der Waals surface area contributed by atoms with E-state index in [9.17, 15) is 4.79 Å². The molecule has 0 spiro atoms. The molecule has 0 fully saturated rings. The molecule has 2 aromatic carbocycles. The van der Waals surface area contributed by atoms with E-state index in [1.165, 1.54) is 11.1 Å². The second-order valence-corrected chi connectivity index (χ2v) is 6.11.